The van der Waals surface area contributed by atoms with Crippen LogP contribution in [0.2, 0.25) is 39.3 Å². The van der Waals surface area contributed by atoms with E-state index >= 15 is 0 Å². The molecule has 0 saturated carbocycles. The lowest BCUT2D eigenvalue weighted by molar-refractivity contribution is -0.671. The smallest absolute Gasteiger partial charge is 0.243 e. The van der Waals surface area contributed by atoms with Gasteiger partial charge in [0.05, 0.1) is 42.5 Å². The van der Waals surface area contributed by atoms with Crippen LogP contribution in [-0.4, -0.2) is 46.5 Å². The van der Waals surface area contributed by atoms with E-state index in [9.17, 15) is 0 Å². The minimum absolute atomic E-state index is 0.314. The van der Waals surface area contributed by atoms with Crippen LogP contribution in [0.25, 0.3) is 0 Å². The van der Waals surface area contributed by atoms with E-state index in [-0.39, 0.29) is 0 Å². The van der Waals surface area contributed by atoms with Crippen molar-refractivity contribution in [1.29, 1.82) is 0 Å². The third kappa shape index (κ3) is 6.55. The van der Waals surface area contributed by atoms with E-state index in [0.29, 0.717) is 17.2 Å². The van der Waals surface area contributed by atoms with Gasteiger partial charge in [-0.25, -0.2) is 9.13 Å². The molecular weight excluding hydrogens is 452 g/mol. The molecule has 2 heterocycles. The van der Waals surface area contributed by atoms with Gasteiger partial charge in [0.1, 0.15) is 12.4 Å². The maximum Gasteiger partial charge on any atom is 0.243 e. The van der Waals surface area contributed by atoms with Crippen LogP contribution in [0, 0.1) is 0 Å². The van der Waals surface area contributed by atoms with Crippen molar-refractivity contribution < 1.29 is 9.30 Å². The van der Waals surface area contributed by atoms with Gasteiger partial charge < -0.3 is 15.4 Å². The Morgan fingerprint density at radius 1 is 1.06 bits per heavy atom. The largest absolute Gasteiger partial charge is 0.398 e. The summed E-state index contributed by atoms with van der Waals surface area (Å²) in [7, 11) is -0.694. The summed E-state index contributed by atoms with van der Waals surface area (Å²) < 4.78 is 10.6. The molecule has 0 bridgehead atoms. The van der Waals surface area contributed by atoms with Gasteiger partial charge in [-0.2, -0.15) is 0 Å². The second kappa shape index (κ2) is 10.6. The number of aromatic nitrogens is 2. The Morgan fingerprint density at radius 2 is 1.65 bits per heavy atom. The zero-order valence-electron chi connectivity index (χ0n) is 23.2. The van der Waals surface area contributed by atoms with Gasteiger partial charge in [-0.1, -0.05) is 53.1 Å². The number of ether oxygens (including phenoxy) is 1. The first-order chi connectivity index (χ1) is 15.8. The van der Waals surface area contributed by atoms with Gasteiger partial charge in [0.15, 0.2) is 0 Å². The fraction of sp³-hybridized carbons (Fsp3) is 0.667. The molecule has 1 aromatic carbocycles. The molecule has 2 aromatic rings. The molecular formula is C27H49N4OSi2+. The summed E-state index contributed by atoms with van der Waals surface area (Å²) in [6, 6.07) is 4.82. The SMILES string of the molecule is CC(c1cc(N2CCC(OCCCn3cc[n+](C)c3)C2)cc(C(C)[Si](C)(C)C)c1N)[Si](C)(C)C. The summed E-state index contributed by atoms with van der Waals surface area (Å²) in [6.07, 6.45) is 8.78. The van der Waals surface area contributed by atoms with Crippen molar-refractivity contribution in [1.82, 2.24) is 4.57 Å². The van der Waals surface area contributed by atoms with Crippen LogP contribution in [-0.2, 0) is 18.3 Å². The molecule has 5 nitrogen and oxygen atoms in total. The van der Waals surface area contributed by atoms with E-state index in [1.165, 1.54) is 16.8 Å². The quantitative estimate of drug-likeness (QED) is 0.201. The fourth-order valence-electron chi connectivity index (χ4n) is 4.74. The Morgan fingerprint density at radius 3 is 2.15 bits per heavy atom. The Bertz CT molecular complexity index is 919. The number of rotatable bonds is 10. The van der Waals surface area contributed by atoms with Crippen LogP contribution in [0.15, 0.2) is 30.9 Å². The fourth-order valence-corrected chi connectivity index (χ4v) is 7.09. The van der Waals surface area contributed by atoms with Crippen molar-refractivity contribution in [3.8, 4) is 0 Å². The monoisotopic (exact) mass is 501 g/mol. The molecule has 1 saturated heterocycles. The Hall–Kier alpha value is -1.58. The summed E-state index contributed by atoms with van der Waals surface area (Å²) >= 11 is 0. The average Bonchev–Trinajstić information content (AvgIpc) is 3.38. The van der Waals surface area contributed by atoms with Gasteiger partial charge in [0.25, 0.3) is 0 Å². The van der Waals surface area contributed by atoms with Crippen LogP contribution in [0.3, 0.4) is 0 Å². The zero-order valence-corrected chi connectivity index (χ0v) is 25.2. The molecule has 3 atom stereocenters. The number of nitrogens with zero attached hydrogens (tertiary/aromatic N) is 3. The van der Waals surface area contributed by atoms with Gasteiger partial charge in [0.2, 0.25) is 6.33 Å². The summed E-state index contributed by atoms with van der Waals surface area (Å²) in [5.41, 5.74) is 13.1. The first kappa shape index (κ1) is 27.0. The van der Waals surface area contributed by atoms with Crippen molar-refractivity contribution in [3.05, 3.63) is 42.0 Å². The lowest BCUT2D eigenvalue weighted by Gasteiger charge is -2.33. The molecule has 0 aliphatic carbocycles. The number of nitrogen functional groups attached to an aromatic ring is 1. The number of anilines is 2. The predicted molar refractivity (Wildman–Crippen MR) is 151 cm³/mol. The maximum atomic E-state index is 6.90. The molecule has 1 aliphatic heterocycles. The first-order valence-corrected chi connectivity index (χ1v) is 20.2. The molecule has 1 aliphatic rings. The summed E-state index contributed by atoms with van der Waals surface area (Å²) in [6.45, 7) is 23.4. The third-order valence-corrected chi connectivity index (χ3v) is 13.8. The topological polar surface area (TPSA) is 47.3 Å². The normalized spacial score (nSPS) is 19.0. The van der Waals surface area contributed by atoms with E-state index in [1.54, 1.807) is 0 Å². The van der Waals surface area contributed by atoms with Gasteiger partial charge in [0, 0.05) is 30.9 Å². The van der Waals surface area contributed by atoms with Gasteiger partial charge in [-0.15, -0.1) is 0 Å². The molecule has 1 aromatic heterocycles. The van der Waals surface area contributed by atoms with Crippen molar-refractivity contribution >= 4 is 27.5 Å². The standard InChI is InChI=1S/C27H49N4OSi2/c1-21(33(4,5)6)25-17-23(18-26(27(25)28)22(2)34(7,8)9)31-13-11-24(19-31)32-16-10-12-30-15-14-29(3)20-30/h14-15,17-18,20-22,24H,10-13,16,19,28H2,1-9H3/q+1. The van der Waals surface area contributed by atoms with Crippen molar-refractivity contribution in [2.24, 2.45) is 7.05 Å². The van der Waals surface area contributed by atoms with Crippen LogP contribution >= 0.6 is 0 Å². The molecule has 0 amide bonds. The minimum Gasteiger partial charge on any atom is -0.398 e. The Kier molecular flexibility index (Phi) is 8.41. The molecule has 1 fully saturated rings. The molecule has 2 N–H and O–H groups in total. The Labute approximate surface area is 210 Å². The molecule has 0 radical (unpaired) electrons. The average molecular weight is 502 g/mol. The molecule has 190 valence electrons. The van der Waals surface area contributed by atoms with Crippen molar-refractivity contribution in [3.63, 3.8) is 0 Å². The van der Waals surface area contributed by atoms with Gasteiger partial charge in [-0.05, 0) is 40.8 Å². The van der Waals surface area contributed by atoms with E-state index in [0.717, 1.165) is 44.8 Å². The van der Waals surface area contributed by atoms with E-state index in [1.807, 2.05) is 0 Å². The highest BCUT2D eigenvalue weighted by Crippen LogP contribution is 2.41. The highest BCUT2D eigenvalue weighted by atomic mass is 28.3. The highest BCUT2D eigenvalue weighted by molar-refractivity contribution is 6.78. The molecule has 0 spiro atoms. The van der Waals surface area contributed by atoms with E-state index in [4.69, 9.17) is 10.5 Å². The number of hydrogen-bond donors (Lipinski definition) is 1. The number of benzene rings is 1. The van der Waals surface area contributed by atoms with E-state index in [2.05, 4.69) is 105 Å². The summed E-state index contributed by atoms with van der Waals surface area (Å²) in [5.74, 6) is 0. The molecule has 7 heteroatoms. The van der Waals surface area contributed by atoms with Crippen molar-refractivity contribution in [2.75, 3.05) is 30.3 Å². The van der Waals surface area contributed by atoms with Crippen LogP contribution < -0.4 is 15.2 Å². The molecule has 3 unspecified atom stereocenters. The van der Waals surface area contributed by atoms with E-state index < -0.39 is 16.1 Å². The van der Waals surface area contributed by atoms with Gasteiger partial charge >= 0.3 is 0 Å². The van der Waals surface area contributed by atoms with Crippen molar-refractivity contribution in [2.45, 2.75) is 89.7 Å². The number of imidazole rings is 1. The lowest BCUT2D eigenvalue weighted by Crippen LogP contribution is -2.32. The molecule has 3 rings (SSSR count). The summed E-state index contributed by atoms with van der Waals surface area (Å²) in [4.78, 5) is 2.54. The Balaban J connectivity index is 1.73. The maximum absolute atomic E-state index is 6.90. The second-order valence-corrected chi connectivity index (χ2v) is 23.8. The van der Waals surface area contributed by atoms with Gasteiger partial charge in [-0.3, -0.25) is 0 Å². The van der Waals surface area contributed by atoms with Crippen LogP contribution in [0.1, 0.15) is 48.9 Å². The highest BCUT2D eigenvalue weighted by Gasteiger charge is 2.32. The zero-order chi connectivity index (χ0) is 25.3. The minimum atomic E-state index is -1.38. The first-order valence-electron chi connectivity index (χ1n) is 13.1. The number of aryl methyl sites for hydroxylation is 2. The van der Waals surface area contributed by atoms with Crippen LogP contribution in [0.5, 0.6) is 0 Å². The lowest BCUT2D eigenvalue weighted by atomic mass is 10.0. The number of nitrogens with two attached hydrogens (primary N) is 1. The second-order valence-electron chi connectivity index (χ2n) is 12.6. The predicted octanol–water partition coefficient (Wildman–Crippen LogP) is 5.54. The summed E-state index contributed by atoms with van der Waals surface area (Å²) in [5, 5.41) is 0. The number of hydrogen-bond acceptors (Lipinski definition) is 3. The molecule has 34 heavy (non-hydrogen) atoms. The van der Waals surface area contributed by atoms with Crippen LogP contribution in [0.4, 0.5) is 11.4 Å². The third-order valence-electron chi connectivity index (χ3n) is 8.01.